The minimum Gasteiger partial charge on any atom is -0.378 e. The number of anilines is 1. The van der Waals surface area contributed by atoms with Gasteiger partial charge in [0.2, 0.25) is 0 Å². The van der Waals surface area contributed by atoms with Crippen LogP contribution in [0.1, 0.15) is 29.7 Å². The fourth-order valence-electron chi connectivity index (χ4n) is 1.88. The van der Waals surface area contributed by atoms with Crippen molar-refractivity contribution in [1.82, 2.24) is 0 Å². The molecule has 19 heavy (non-hydrogen) atoms. The summed E-state index contributed by atoms with van der Waals surface area (Å²) in [7, 11) is 0. The Morgan fingerprint density at radius 2 is 1.84 bits per heavy atom. The van der Waals surface area contributed by atoms with E-state index in [0.717, 1.165) is 10.2 Å². The fourth-order valence-corrected chi connectivity index (χ4v) is 2.35. The maximum Gasteiger partial charge on any atom is 0.100 e. The Kier molecular flexibility index (Phi) is 4.24. The van der Waals surface area contributed by atoms with E-state index in [2.05, 4.69) is 65.4 Å². The first-order chi connectivity index (χ1) is 9.10. The Morgan fingerprint density at radius 3 is 2.42 bits per heavy atom. The number of nitrogens with one attached hydrogen (secondary N) is 1. The fraction of sp³-hybridized carbons (Fsp3) is 0.188. The topological polar surface area (TPSA) is 35.8 Å². The smallest absolute Gasteiger partial charge is 0.100 e. The van der Waals surface area contributed by atoms with Gasteiger partial charge in [-0.15, -0.1) is 0 Å². The molecule has 3 heteroatoms. The lowest BCUT2D eigenvalue weighted by Gasteiger charge is -2.16. The maximum absolute atomic E-state index is 8.89. The van der Waals surface area contributed by atoms with Gasteiger partial charge in [-0.25, -0.2) is 0 Å². The van der Waals surface area contributed by atoms with Gasteiger partial charge in [-0.1, -0.05) is 29.8 Å². The SMILES string of the molecule is Cc1ccc(C(C)Nc2ccc(C#N)c(Br)c2)cc1. The molecule has 0 aromatic heterocycles. The predicted octanol–water partition coefficient (Wildman–Crippen LogP) is 4.80. The van der Waals surface area contributed by atoms with Crippen LogP contribution in [0, 0.1) is 18.3 Å². The van der Waals surface area contributed by atoms with Crippen LogP contribution in [0.5, 0.6) is 0 Å². The van der Waals surface area contributed by atoms with Crippen LogP contribution in [-0.2, 0) is 0 Å². The molecule has 0 fully saturated rings. The van der Waals surface area contributed by atoms with Crippen molar-refractivity contribution in [2.24, 2.45) is 0 Å². The molecule has 2 nitrogen and oxygen atoms in total. The van der Waals surface area contributed by atoms with Gasteiger partial charge in [0.25, 0.3) is 0 Å². The molecular formula is C16H15BrN2. The quantitative estimate of drug-likeness (QED) is 0.883. The highest BCUT2D eigenvalue weighted by atomic mass is 79.9. The van der Waals surface area contributed by atoms with Crippen molar-refractivity contribution in [1.29, 1.82) is 5.26 Å². The Morgan fingerprint density at radius 1 is 1.16 bits per heavy atom. The second-order valence-electron chi connectivity index (χ2n) is 4.58. The van der Waals surface area contributed by atoms with Crippen LogP contribution in [0.4, 0.5) is 5.69 Å². The van der Waals surface area contributed by atoms with Gasteiger partial charge in [-0.05, 0) is 53.5 Å². The van der Waals surface area contributed by atoms with Gasteiger partial charge in [0, 0.05) is 16.2 Å². The highest BCUT2D eigenvalue weighted by molar-refractivity contribution is 9.10. The molecule has 0 aliphatic rings. The summed E-state index contributed by atoms with van der Waals surface area (Å²) in [6, 6.07) is 16.5. The van der Waals surface area contributed by atoms with Crippen molar-refractivity contribution in [3.8, 4) is 6.07 Å². The number of benzene rings is 2. The molecule has 0 radical (unpaired) electrons. The molecule has 0 amide bonds. The molecular weight excluding hydrogens is 300 g/mol. The van der Waals surface area contributed by atoms with E-state index in [9.17, 15) is 0 Å². The van der Waals surface area contributed by atoms with Crippen LogP contribution < -0.4 is 5.32 Å². The summed E-state index contributed by atoms with van der Waals surface area (Å²) in [5, 5.41) is 12.3. The van der Waals surface area contributed by atoms with Gasteiger partial charge in [0.1, 0.15) is 6.07 Å². The number of hydrogen-bond acceptors (Lipinski definition) is 2. The first-order valence-electron chi connectivity index (χ1n) is 6.13. The highest BCUT2D eigenvalue weighted by Gasteiger charge is 2.06. The lowest BCUT2D eigenvalue weighted by molar-refractivity contribution is 0.884. The minimum atomic E-state index is 0.223. The molecule has 0 spiro atoms. The molecule has 1 unspecified atom stereocenters. The summed E-state index contributed by atoms with van der Waals surface area (Å²) in [5.41, 5.74) is 4.15. The average Bonchev–Trinajstić information content (AvgIpc) is 2.39. The first kappa shape index (κ1) is 13.6. The summed E-state index contributed by atoms with van der Waals surface area (Å²) in [5.74, 6) is 0. The molecule has 2 aromatic rings. The molecule has 0 saturated heterocycles. The van der Waals surface area contributed by atoms with Crippen LogP contribution in [0.25, 0.3) is 0 Å². The van der Waals surface area contributed by atoms with Crippen LogP contribution in [0.2, 0.25) is 0 Å². The first-order valence-corrected chi connectivity index (χ1v) is 6.92. The van der Waals surface area contributed by atoms with E-state index in [1.807, 2.05) is 18.2 Å². The maximum atomic E-state index is 8.89. The van der Waals surface area contributed by atoms with Gasteiger partial charge in [-0.3, -0.25) is 0 Å². The van der Waals surface area contributed by atoms with Gasteiger partial charge in [-0.2, -0.15) is 5.26 Å². The summed E-state index contributed by atoms with van der Waals surface area (Å²) in [6.45, 7) is 4.20. The molecule has 0 saturated carbocycles. The Bertz CT molecular complexity index is 612. The number of rotatable bonds is 3. The van der Waals surface area contributed by atoms with Crippen molar-refractivity contribution in [3.63, 3.8) is 0 Å². The minimum absolute atomic E-state index is 0.223. The molecule has 0 heterocycles. The highest BCUT2D eigenvalue weighted by Crippen LogP contribution is 2.24. The van der Waals surface area contributed by atoms with E-state index < -0.39 is 0 Å². The summed E-state index contributed by atoms with van der Waals surface area (Å²) >= 11 is 3.40. The molecule has 1 atom stereocenters. The molecule has 0 bridgehead atoms. The second-order valence-corrected chi connectivity index (χ2v) is 5.44. The predicted molar refractivity (Wildman–Crippen MR) is 82.1 cm³/mol. The zero-order valence-electron chi connectivity index (χ0n) is 10.9. The number of halogens is 1. The Hall–Kier alpha value is -1.79. The molecule has 0 aliphatic carbocycles. The third kappa shape index (κ3) is 3.36. The summed E-state index contributed by atoms with van der Waals surface area (Å²) in [4.78, 5) is 0. The molecule has 2 rings (SSSR count). The van der Waals surface area contributed by atoms with E-state index in [1.165, 1.54) is 11.1 Å². The molecule has 2 aromatic carbocycles. The van der Waals surface area contributed by atoms with E-state index in [0.29, 0.717) is 5.56 Å². The van der Waals surface area contributed by atoms with Crippen molar-refractivity contribution in [2.45, 2.75) is 19.9 Å². The van der Waals surface area contributed by atoms with Crippen molar-refractivity contribution < 1.29 is 0 Å². The van der Waals surface area contributed by atoms with Crippen molar-refractivity contribution in [3.05, 3.63) is 63.6 Å². The van der Waals surface area contributed by atoms with Crippen molar-refractivity contribution in [2.75, 3.05) is 5.32 Å². The van der Waals surface area contributed by atoms with Gasteiger partial charge < -0.3 is 5.32 Å². The Balaban J connectivity index is 2.15. The third-order valence-electron chi connectivity index (χ3n) is 3.05. The molecule has 1 N–H and O–H groups in total. The van der Waals surface area contributed by atoms with Crippen LogP contribution in [-0.4, -0.2) is 0 Å². The normalized spacial score (nSPS) is 11.7. The number of nitrogens with zero attached hydrogens (tertiary/aromatic N) is 1. The van der Waals surface area contributed by atoms with Gasteiger partial charge >= 0.3 is 0 Å². The van der Waals surface area contributed by atoms with E-state index in [1.54, 1.807) is 0 Å². The molecule has 0 aliphatic heterocycles. The standard InChI is InChI=1S/C16H15BrN2/c1-11-3-5-13(6-4-11)12(2)19-15-8-7-14(10-18)16(17)9-15/h3-9,12,19H,1-2H3. The third-order valence-corrected chi connectivity index (χ3v) is 3.71. The number of nitriles is 1. The van der Waals surface area contributed by atoms with Crippen LogP contribution in [0.15, 0.2) is 46.9 Å². The van der Waals surface area contributed by atoms with Crippen LogP contribution in [0.3, 0.4) is 0 Å². The monoisotopic (exact) mass is 314 g/mol. The van der Waals surface area contributed by atoms with Crippen LogP contribution >= 0.6 is 15.9 Å². The number of hydrogen-bond donors (Lipinski definition) is 1. The zero-order valence-corrected chi connectivity index (χ0v) is 12.5. The van der Waals surface area contributed by atoms with Gasteiger partial charge in [0.05, 0.1) is 5.56 Å². The van der Waals surface area contributed by atoms with E-state index in [-0.39, 0.29) is 6.04 Å². The average molecular weight is 315 g/mol. The summed E-state index contributed by atoms with van der Waals surface area (Å²) in [6.07, 6.45) is 0. The zero-order chi connectivity index (χ0) is 13.8. The summed E-state index contributed by atoms with van der Waals surface area (Å²) < 4.78 is 0.816. The molecule has 96 valence electrons. The van der Waals surface area contributed by atoms with Crippen molar-refractivity contribution >= 4 is 21.6 Å². The second kappa shape index (κ2) is 5.90. The van der Waals surface area contributed by atoms with Gasteiger partial charge in [0.15, 0.2) is 0 Å². The van der Waals surface area contributed by atoms with E-state index >= 15 is 0 Å². The lowest BCUT2D eigenvalue weighted by Crippen LogP contribution is -2.06. The van der Waals surface area contributed by atoms with E-state index in [4.69, 9.17) is 5.26 Å². The largest absolute Gasteiger partial charge is 0.378 e. The number of aryl methyl sites for hydroxylation is 1. The lowest BCUT2D eigenvalue weighted by atomic mass is 10.1. The Labute approximate surface area is 122 Å².